The van der Waals surface area contributed by atoms with Gasteiger partial charge in [-0.3, -0.25) is 4.79 Å². The second kappa shape index (κ2) is 7.25. The Bertz CT molecular complexity index is 815. The summed E-state index contributed by atoms with van der Waals surface area (Å²) in [6.45, 7) is 4.33. The summed E-state index contributed by atoms with van der Waals surface area (Å²) in [6, 6.07) is 10.6. The van der Waals surface area contributed by atoms with Crippen LogP contribution in [0.5, 0.6) is 11.5 Å². The van der Waals surface area contributed by atoms with Gasteiger partial charge in [-0.2, -0.15) is 0 Å². The van der Waals surface area contributed by atoms with Crippen molar-refractivity contribution in [2.24, 2.45) is 0 Å². The standard InChI is InChI=1S/C19H19NO5/c1-12-3-4-13(2)15(9-12)19(22)25-11-18(21)20-14-5-6-16-17(10-14)24-8-7-23-16/h3-6,9-10H,7-8,11H2,1-2H3,(H,20,21). The maximum absolute atomic E-state index is 12.1. The molecule has 0 radical (unpaired) electrons. The topological polar surface area (TPSA) is 73.9 Å². The van der Waals surface area contributed by atoms with Crippen LogP contribution in [-0.4, -0.2) is 31.7 Å². The normalized spacial score (nSPS) is 12.4. The van der Waals surface area contributed by atoms with Crippen LogP contribution in [0.25, 0.3) is 0 Å². The van der Waals surface area contributed by atoms with Gasteiger partial charge in [-0.15, -0.1) is 0 Å². The molecule has 1 aliphatic rings. The Morgan fingerprint density at radius 1 is 1.04 bits per heavy atom. The van der Waals surface area contributed by atoms with E-state index in [9.17, 15) is 9.59 Å². The molecule has 0 bridgehead atoms. The van der Waals surface area contributed by atoms with E-state index in [0.29, 0.717) is 36.0 Å². The lowest BCUT2D eigenvalue weighted by atomic mass is 10.1. The second-order valence-corrected chi connectivity index (χ2v) is 5.80. The van der Waals surface area contributed by atoms with E-state index < -0.39 is 11.9 Å². The molecule has 2 aromatic carbocycles. The number of esters is 1. The van der Waals surface area contributed by atoms with Crippen LogP contribution in [0.2, 0.25) is 0 Å². The molecule has 0 spiro atoms. The fourth-order valence-electron chi connectivity index (χ4n) is 2.48. The van der Waals surface area contributed by atoms with E-state index in [1.54, 1.807) is 24.3 Å². The number of ether oxygens (including phenoxy) is 3. The SMILES string of the molecule is Cc1ccc(C)c(C(=O)OCC(=O)Nc2ccc3c(c2)OCCO3)c1. The predicted molar refractivity (Wildman–Crippen MR) is 92.3 cm³/mol. The third kappa shape index (κ3) is 4.09. The lowest BCUT2D eigenvalue weighted by Crippen LogP contribution is -2.21. The lowest BCUT2D eigenvalue weighted by Gasteiger charge is -2.19. The van der Waals surface area contributed by atoms with E-state index in [1.807, 2.05) is 26.0 Å². The van der Waals surface area contributed by atoms with Crippen molar-refractivity contribution in [1.82, 2.24) is 0 Å². The molecular formula is C19H19NO5. The molecular weight excluding hydrogens is 322 g/mol. The molecule has 6 heteroatoms. The van der Waals surface area contributed by atoms with Gasteiger partial charge in [0.25, 0.3) is 5.91 Å². The Labute approximate surface area is 145 Å². The molecule has 0 saturated carbocycles. The molecule has 0 aliphatic carbocycles. The number of rotatable bonds is 4. The summed E-state index contributed by atoms with van der Waals surface area (Å²) in [6.07, 6.45) is 0. The van der Waals surface area contributed by atoms with Crippen LogP contribution in [0.4, 0.5) is 5.69 Å². The zero-order valence-electron chi connectivity index (χ0n) is 14.1. The number of amides is 1. The summed E-state index contributed by atoms with van der Waals surface area (Å²) in [4.78, 5) is 24.1. The molecule has 1 aliphatic heterocycles. The summed E-state index contributed by atoms with van der Waals surface area (Å²) in [5.41, 5.74) is 2.78. The molecule has 6 nitrogen and oxygen atoms in total. The lowest BCUT2D eigenvalue weighted by molar-refractivity contribution is -0.119. The molecule has 1 amide bonds. The minimum atomic E-state index is -0.515. The zero-order valence-corrected chi connectivity index (χ0v) is 14.1. The number of carbonyl (C=O) groups excluding carboxylic acids is 2. The van der Waals surface area contributed by atoms with Gasteiger partial charge in [0.15, 0.2) is 18.1 Å². The van der Waals surface area contributed by atoms with Crippen molar-refractivity contribution in [1.29, 1.82) is 0 Å². The Kier molecular flexibility index (Phi) is 4.88. The van der Waals surface area contributed by atoms with Crippen LogP contribution in [0.1, 0.15) is 21.5 Å². The van der Waals surface area contributed by atoms with E-state index >= 15 is 0 Å². The van der Waals surface area contributed by atoms with Crippen LogP contribution < -0.4 is 14.8 Å². The molecule has 1 N–H and O–H groups in total. The highest BCUT2D eigenvalue weighted by Gasteiger charge is 2.15. The largest absolute Gasteiger partial charge is 0.486 e. The van der Waals surface area contributed by atoms with Gasteiger partial charge < -0.3 is 19.5 Å². The minimum Gasteiger partial charge on any atom is -0.486 e. The molecule has 0 atom stereocenters. The van der Waals surface area contributed by atoms with E-state index in [4.69, 9.17) is 14.2 Å². The average molecular weight is 341 g/mol. The Morgan fingerprint density at radius 3 is 2.60 bits per heavy atom. The van der Waals surface area contributed by atoms with Crippen LogP contribution >= 0.6 is 0 Å². The molecule has 0 fully saturated rings. The van der Waals surface area contributed by atoms with E-state index in [0.717, 1.165) is 11.1 Å². The highest BCUT2D eigenvalue weighted by molar-refractivity contribution is 5.96. The van der Waals surface area contributed by atoms with Gasteiger partial charge in [0.2, 0.25) is 0 Å². The first kappa shape index (κ1) is 16.8. The first-order valence-corrected chi connectivity index (χ1v) is 7.97. The Hall–Kier alpha value is -3.02. The monoisotopic (exact) mass is 341 g/mol. The highest BCUT2D eigenvalue weighted by atomic mass is 16.6. The van der Waals surface area contributed by atoms with Gasteiger partial charge in [-0.1, -0.05) is 17.7 Å². The van der Waals surface area contributed by atoms with E-state index in [-0.39, 0.29) is 6.61 Å². The van der Waals surface area contributed by atoms with Gasteiger partial charge in [0.05, 0.1) is 5.56 Å². The van der Waals surface area contributed by atoms with Crippen molar-refractivity contribution < 1.29 is 23.8 Å². The van der Waals surface area contributed by atoms with Crippen molar-refractivity contribution >= 4 is 17.6 Å². The van der Waals surface area contributed by atoms with E-state index in [2.05, 4.69) is 5.32 Å². The van der Waals surface area contributed by atoms with E-state index in [1.165, 1.54) is 0 Å². The fourth-order valence-corrected chi connectivity index (χ4v) is 2.48. The number of carbonyl (C=O) groups is 2. The maximum atomic E-state index is 12.1. The zero-order chi connectivity index (χ0) is 17.8. The van der Waals surface area contributed by atoms with Crippen molar-refractivity contribution in [2.45, 2.75) is 13.8 Å². The quantitative estimate of drug-likeness (QED) is 0.866. The number of benzene rings is 2. The first-order valence-electron chi connectivity index (χ1n) is 7.97. The van der Waals surface area contributed by atoms with Gasteiger partial charge >= 0.3 is 5.97 Å². The van der Waals surface area contributed by atoms with Crippen LogP contribution in [0.15, 0.2) is 36.4 Å². The second-order valence-electron chi connectivity index (χ2n) is 5.80. The number of nitrogens with one attached hydrogen (secondary N) is 1. The number of hydrogen-bond acceptors (Lipinski definition) is 5. The van der Waals surface area contributed by atoms with Crippen molar-refractivity contribution in [3.05, 3.63) is 53.1 Å². The fraction of sp³-hybridized carbons (Fsp3) is 0.263. The minimum absolute atomic E-state index is 0.360. The molecule has 0 saturated heterocycles. The molecule has 2 aromatic rings. The average Bonchev–Trinajstić information content (AvgIpc) is 2.61. The summed E-state index contributed by atoms with van der Waals surface area (Å²) >= 11 is 0. The summed E-state index contributed by atoms with van der Waals surface area (Å²) in [5, 5.41) is 2.67. The Balaban J connectivity index is 1.58. The van der Waals surface area contributed by atoms with Crippen LogP contribution in [0, 0.1) is 13.8 Å². The van der Waals surface area contributed by atoms with Gasteiger partial charge in [0, 0.05) is 11.8 Å². The predicted octanol–water partition coefficient (Wildman–Crippen LogP) is 2.87. The number of anilines is 1. The number of fused-ring (bicyclic) bond motifs is 1. The summed E-state index contributed by atoms with van der Waals surface area (Å²) in [5.74, 6) is 0.288. The maximum Gasteiger partial charge on any atom is 0.338 e. The van der Waals surface area contributed by atoms with Crippen LogP contribution in [-0.2, 0) is 9.53 Å². The van der Waals surface area contributed by atoms with Gasteiger partial charge in [-0.25, -0.2) is 4.79 Å². The number of aryl methyl sites for hydroxylation is 2. The van der Waals surface area contributed by atoms with Crippen LogP contribution in [0.3, 0.4) is 0 Å². The van der Waals surface area contributed by atoms with Crippen molar-refractivity contribution in [3.63, 3.8) is 0 Å². The van der Waals surface area contributed by atoms with Gasteiger partial charge in [0.1, 0.15) is 13.2 Å². The first-order chi connectivity index (χ1) is 12.0. The molecule has 130 valence electrons. The highest BCUT2D eigenvalue weighted by Crippen LogP contribution is 2.32. The molecule has 1 heterocycles. The molecule has 0 unspecified atom stereocenters. The number of hydrogen-bond donors (Lipinski definition) is 1. The Morgan fingerprint density at radius 2 is 1.80 bits per heavy atom. The van der Waals surface area contributed by atoms with Crippen molar-refractivity contribution in [2.75, 3.05) is 25.1 Å². The summed E-state index contributed by atoms with van der Waals surface area (Å²) in [7, 11) is 0. The summed E-state index contributed by atoms with van der Waals surface area (Å²) < 4.78 is 16.0. The smallest absolute Gasteiger partial charge is 0.338 e. The van der Waals surface area contributed by atoms with Crippen molar-refractivity contribution in [3.8, 4) is 11.5 Å². The molecule has 3 rings (SSSR count). The van der Waals surface area contributed by atoms with Gasteiger partial charge in [-0.05, 0) is 37.6 Å². The molecule has 0 aromatic heterocycles. The third-order valence-electron chi connectivity index (χ3n) is 3.77. The third-order valence-corrected chi connectivity index (χ3v) is 3.77. The molecule has 25 heavy (non-hydrogen) atoms.